The van der Waals surface area contributed by atoms with Crippen LogP contribution in [0.25, 0.3) is 0 Å². The molecule has 128 valence electrons. The van der Waals surface area contributed by atoms with Gasteiger partial charge in [0.2, 0.25) is 5.91 Å². The summed E-state index contributed by atoms with van der Waals surface area (Å²) in [5.41, 5.74) is 7.44. The van der Waals surface area contributed by atoms with Gasteiger partial charge in [0, 0.05) is 31.0 Å². The first-order valence-electron chi connectivity index (χ1n) is 8.49. The maximum Gasteiger partial charge on any atom is 0.325 e. The molecular formula is C17H22N4O3. The molecule has 3 saturated heterocycles. The Morgan fingerprint density at radius 3 is 2.42 bits per heavy atom. The van der Waals surface area contributed by atoms with E-state index in [1.165, 1.54) is 0 Å². The highest BCUT2D eigenvalue weighted by Crippen LogP contribution is 2.35. The third-order valence-corrected chi connectivity index (χ3v) is 5.19. The van der Waals surface area contributed by atoms with E-state index in [4.69, 9.17) is 10.5 Å². The van der Waals surface area contributed by atoms with E-state index < -0.39 is 11.9 Å². The van der Waals surface area contributed by atoms with Gasteiger partial charge in [0.15, 0.2) is 0 Å². The Labute approximate surface area is 140 Å². The van der Waals surface area contributed by atoms with Crippen LogP contribution in [0.5, 0.6) is 0 Å². The summed E-state index contributed by atoms with van der Waals surface area (Å²) in [7, 11) is 0. The lowest BCUT2D eigenvalue weighted by Crippen LogP contribution is -2.46. The second kappa shape index (κ2) is 5.98. The number of carbonyl (C=O) groups is 2. The van der Waals surface area contributed by atoms with Crippen molar-refractivity contribution < 1.29 is 14.3 Å². The SMILES string of the molecule is NC(=O)C1[C@H]2CCCN2C(=O)N1c1ccc(N2CCOCC2)cc1. The Balaban J connectivity index is 1.60. The summed E-state index contributed by atoms with van der Waals surface area (Å²) >= 11 is 0. The van der Waals surface area contributed by atoms with Gasteiger partial charge in [-0.1, -0.05) is 0 Å². The number of fused-ring (bicyclic) bond motifs is 1. The highest BCUT2D eigenvalue weighted by Gasteiger charge is 2.51. The summed E-state index contributed by atoms with van der Waals surface area (Å²) < 4.78 is 5.37. The van der Waals surface area contributed by atoms with Crippen molar-refractivity contribution in [2.75, 3.05) is 42.6 Å². The van der Waals surface area contributed by atoms with Crippen molar-refractivity contribution >= 4 is 23.3 Å². The zero-order valence-electron chi connectivity index (χ0n) is 13.6. The molecule has 0 aromatic heterocycles. The maximum atomic E-state index is 12.7. The standard InChI is InChI=1S/C17H22N4O3/c18-16(22)15-14-2-1-7-20(14)17(23)21(15)13-5-3-12(4-6-13)19-8-10-24-11-9-19/h3-6,14-15H,1-2,7-11H2,(H2,18,22)/t14-,15?/m1/s1. The molecule has 2 atom stereocenters. The first-order valence-corrected chi connectivity index (χ1v) is 8.49. The van der Waals surface area contributed by atoms with Gasteiger partial charge in [-0.2, -0.15) is 0 Å². The fourth-order valence-corrected chi connectivity index (χ4v) is 4.02. The molecule has 3 aliphatic heterocycles. The molecule has 7 nitrogen and oxygen atoms in total. The van der Waals surface area contributed by atoms with Gasteiger partial charge in [-0.3, -0.25) is 9.69 Å². The quantitative estimate of drug-likeness (QED) is 0.888. The fourth-order valence-electron chi connectivity index (χ4n) is 4.02. The number of nitrogens with two attached hydrogens (primary N) is 1. The van der Waals surface area contributed by atoms with Crippen LogP contribution in [0.3, 0.4) is 0 Å². The number of nitrogens with zero attached hydrogens (tertiary/aromatic N) is 3. The molecule has 0 radical (unpaired) electrons. The predicted octanol–water partition coefficient (Wildman–Crippen LogP) is 0.782. The molecule has 3 fully saturated rings. The van der Waals surface area contributed by atoms with Crippen molar-refractivity contribution in [2.24, 2.45) is 5.73 Å². The number of carbonyl (C=O) groups excluding carboxylic acids is 2. The topological polar surface area (TPSA) is 79.1 Å². The van der Waals surface area contributed by atoms with Crippen LogP contribution >= 0.6 is 0 Å². The number of hydrogen-bond donors (Lipinski definition) is 1. The molecule has 3 heterocycles. The molecule has 7 heteroatoms. The summed E-state index contributed by atoms with van der Waals surface area (Å²) in [5.74, 6) is -0.435. The number of primary amides is 1. The Morgan fingerprint density at radius 1 is 1.08 bits per heavy atom. The highest BCUT2D eigenvalue weighted by molar-refractivity contribution is 6.03. The maximum absolute atomic E-state index is 12.7. The number of hydrogen-bond acceptors (Lipinski definition) is 4. The number of morpholine rings is 1. The average molecular weight is 330 g/mol. The van der Waals surface area contributed by atoms with Crippen molar-refractivity contribution in [3.05, 3.63) is 24.3 Å². The lowest BCUT2D eigenvalue weighted by atomic mass is 10.1. The second-order valence-corrected chi connectivity index (χ2v) is 6.52. The van der Waals surface area contributed by atoms with Crippen LogP contribution in [-0.2, 0) is 9.53 Å². The summed E-state index contributed by atoms with van der Waals surface area (Å²) in [5, 5.41) is 0. The number of rotatable bonds is 3. The number of ether oxygens (including phenoxy) is 1. The Kier molecular flexibility index (Phi) is 3.80. The molecule has 24 heavy (non-hydrogen) atoms. The molecule has 1 aromatic rings. The van der Waals surface area contributed by atoms with E-state index in [0.29, 0.717) is 6.54 Å². The first kappa shape index (κ1) is 15.3. The molecule has 1 unspecified atom stereocenters. The number of anilines is 2. The van der Waals surface area contributed by atoms with Crippen LogP contribution in [0.15, 0.2) is 24.3 Å². The fraction of sp³-hybridized carbons (Fsp3) is 0.529. The molecule has 3 amide bonds. The molecule has 0 saturated carbocycles. The van der Waals surface area contributed by atoms with E-state index in [2.05, 4.69) is 4.90 Å². The third kappa shape index (κ3) is 2.39. The van der Waals surface area contributed by atoms with Crippen LogP contribution in [0.2, 0.25) is 0 Å². The first-order chi connectivity index (χ1) is 11.7. The third-order valence-electron chi connectivity index (χ3n) is 5.19. The van der Waals surface area contributed by atoms with Crippen molar-refractivity contribution in [3.63, 3.8) is 0 Å². The van der Waals surface area contributed by atoms with Gasteiger partial charge < -0.3 is 20.3 Å². The molecular weight excluding hydrogens is 308 g/mol. The van der Waals surface area contributed by atoms with Crippen molar-refractivity contribution in [3.8, 4) is 0 Å². The minimum atomic E-state index is -0.575. The van der Waals surface area contributed by atoms with E-state index in [9.17, 15) is 9.59 Å². The van der Waals surface area contributed by atoms with Gasteiger partial charge >= 0.3 is 6.03 Å². The van der Waals surface area contributed by atoms with E-state index in [-0.39, 0.29) is 12.1 Å². The Morgan fingerprint density at radius 2 is 1.75 bits per heavy atom. The van der Waals surface area contributed by atoms with E-state index in [1.54, 1.807) is 9.80 Å². The van der Waals surface area contributed by atoms with Crippen LogP contribution in [0, 0.1) is 0 Å². The summed E-state index contributed by atoms with van der Waals surface area (Å²) in [6.07, 6.45) is 1.77. The van der Waals surface area contributed by atoms with Gasteiger partial charge in [0.05, 0.1) is 19.3 Å². The molecule has 0 spiro atoms. The summed E-state index contributed by atoms with van der Waals surface area (Å²) in [4.78, 5) is 30.3. The van der Waals surface area contributed by atoms with Gasteiger partial charge in [0.1, 0.15) is 6.04 Å². The van der Waals surface area contributed by atoms with Crippen molar-refractivity contribution in [1.29, 1.82) is 0 Å². The molecule has 4 rings (SSSR count). The molecule has 3 aliphatic rings. The molecule has 1 aromatic carbocycles. The van der Waals surface area contributed by atoms with Crippen molar-refractivity contribution in [1.82, 2.24) is 4.90 Å². The van der Waals surface area contributed by atoms with Crippen LogP contribution in [0.4, 0.5) is 16.2 Å². The molecule has 2 N–H and O–H groups in total. The average Bonchev–Trinajstić information content (AvgIpc) is 3.18. The van der Waals surface area contributed by atoms with Gasteiger partial charge in [-0.15, -0.1) is 0 Å². The van der Waals surface area contributed by atoms with Crippen LogP contribution < -0.4 is 15.5 Å². The zero-order chi connectivity index (χ0) is 16.7. The summed E-state index contributed by atoms with van der Waals surface area (Å²) in [6, 6.07) is 7.02. The molecule has 0 aliphatic carbocycles. The normalized spacial score (nSPS) is 26.8. The largest absolute Gasteiger partial charge is 0.378 e. The number of amides is 3. The highest BCUT2D eigenvalue weighted by atomic mass is 16.5. The van der Waals surface area contributed by atoms with Crippen LogP contribution in [-0.4, -0.2) is 61.8 Å². The minimum Gasteiger partial charge on any atom is -0.378 e. The smallest absolute Gasteiger partial charge is 0.325 e. The van der Waals surface area contributed by atoms with E-state index in [1.807, 2.05) is 24.3 Å². The van der Waals surface area contributed by atoms with Gasteiger partial charge in [-0.25, -0.2) is 4.79 Å². The van der Waals surface area contributed by atoms with Gasteiger partial charge in [-0.05, 0) is 37.1 Å². The van der Waals surface area contributed by atoms with Crippen molar-refractivity contribution in [2.45, 2.75) is 24.9 Å². The zero-order valence-corrected chi connectivity index (χ0v) is 13.6. The monoisotopic (exact) mass is 330 g/mol. The van der Waals surface area contributed by atoms with Gasteiger partial charge in [0.25, 0.3) is 0 Å². The number of urea groups is 1. The minimum absolute atomic E-state index is 0.0890. The lowest BCUT2D eigenvalue weighted by Gasteiger charge is -2.29. The lowest BCUT2D eigenvalue weighted by molar-refractivity contribution is -0.119. The molecule has 0 bridgehead atoms. The summed E-state index contributed by atoms with van der Waals surface area (Å²) in [6.45, 7) is 3.89. The predicted molar refractivity (Wildman–Crippen MR) is 90.1 cm³/mol. The van der Waals surface area contributed by atoms with E-state index >= 15 is 0 Å². The van der Waals surface area contributed by atoms with Crippen LogP contribution in [0.1, 0.15) is 12.8 Å². The van der Waals surface area contributed by atoms with E-state index in [0.717, 1.165) is 50.5 Å². The Bertz CT molecular complexity index is 642. The second-order valence-electron chi connectivity index (χ2n) is 6.52. The number of benzene rings is 1. The Hall–Kier alpha value is -2.28.